The Morgan fingerprint density at radius 2 is 1.78 bits per heavy atom. The minimum atomic E-state index is -2.21. The molecule has 1 aliphatic heterocycles. The summed E-state index contributed by atoms with van der Waals surface area (Å²) < 4.78 is 1.40. The van der Waals surface area contributed by atoms with Crippen LogP contribution in [0.5, 0.6) is 5.75 Å². The summed E-state index contributed by atoms with van der Waals surface area (Å²) in [5.41, 5.74) is 3.32. The molecule has 1 N–H and O–H groups in total. The Balaban J connectivity index is 2.25. The number of hydrogen-bond acceptors (Lipinski definition) is 2. The van der Waals surface area contributed by atoms with Gasteiger partial charge in [0.15, 0.2) is 0 Å². The van der Waals surface area contributed by atoms with Crippen molar-refractivity contribution < 1.29 is 5.11 Å². The molecule has 0 spiro atoms. The van der Waals surface area contributed by atoms with Crippen molar-refractivity contribution in [2.75, 3.05) is 0 Å². The van der Waals surface area contributed by atoms with E-state index in [0.717, 1.165) is 16.3 Å². The van der Waals surface area contributed by atoms with Gasteiger partial charge in [0.1, 0.15) is 0 Å². The fourth-order valence-corrected chi connectivity index (χ4v) is 13.1. The zero-order valence-corrected chi connectivity index (χ0v) is 19.0. The predicted molar refractivity (Wildman–Crippen MR) is 118 cm³/mol. The van der Waals surface area contributed by atoms with Crippen molar-refractivity contribution in [1.29, 1.82) is 0 Å². The van der Waals surface area contributed by atoms with Gasteiger partial charge in [0.2, 0.25) is 0 Å². The van der Waals surface area contributed by atoms with E-state index in [2.05, 4.69) is 63.5 Å². The Bertz CT molecular complexity index is 1110. The summed E-state index contributed by atoms with van der Waals surface area (Å²) in [6.07, 6.45) is 0. The summed E-state index contributed by atoms with van der Waals surface area (Å²) in [5.74, 6) is 0.337. The molecule has 0 unspecified atom stereocenters. The third-order valence-electron chi connectivity index (χ3n) is 5.94. The molecule has 4 heteroatoms. The molecule has 0 aliphatic carbocycles. The first-order valence-corrected chi connectivity index (χ1v) is 13.5. The van der Waals surface area contributed by atoms with E-state index in [-0.39, 0.29) is 0 Å². The number of benzene rings is 2. The summed E-state index contributed by atoms with van der Waals surface area (Å²) in [7, 11) is -2.21. The van der Waals surface area contributed by atoms with E-state index in [1.54, 1.807) is 6.07 Å². The van der Waals surface area contributed by atoms with Crippen LogP contribution in [0.15, 0.2) is 52.4 Å². The number of nitrogens with zero attached hydrogens (tertiary/aromatic N) is 1. The third kappa shape index (κ3) is 2.62. The van der Waals surface area contributed by atoms with Gasteiger partial charge in [-0.3, -0.25) is 0 Å². The predicted octanol–water partition coefficient (Wildman–Crippen LogP) is 3.17. The van der Waals surface area contributed by atoms with E-state index in [1.807, 2.05) is 12.1 Å². The van der Waals surface area contributed by atoms with Crippen LogP contribution in [0.25, 0.3) is 16.6 Å². The fourth-order valence-electron chi connectivity index (χ4n) is 4.93. The molecule has 0 amide bonds. The van der Waals surface area contributed by atoms with Gasteiger partial charge >= 0.3 is 168 Å². The zero-order chi connectivity index (χ0) is 19.3. The van der Waals surface area contributed by atoms with Crippen LogP contribution >= 0.6 is 0 Å². The summed E-state index contributed by atoms with van der Waals surface area (Å²) in [6, 6.07) is 14.4. The molecule has 2 heterocycles. The van der Waals surface area contributed by atoms with Crippen molar-refractivity contribution in [1.82, 2.24) is 0 Å². The number of phenolic OH excluding ortho intramolecular Hbond substituents is 1. The normalized spacial score (nSPS) is 14.7. The molecule has 4 rings (SSSR count). The minimum absolute atomic E-state index is 0.337. The molecule has 0 bridgehead atoms. The van der Waals surface area contributed by atoms with E-state index in [1.165, 1.54) is 20.4 Å². The van der Waals surface area contributed by atoms with Crippen molar-refractivity contribution in [2.24, 2.45) is 4.99 Å². The molecule has 138 valence electrons. The second-order valence-corrected chi connectivity index (χ2v) is 15.0. The Labute approximate surface area is 167 Å². The van der Waals surface area contributed by atoms with Crippen LogP contribution in [0.3, 0.4) is 0 Å². The van der Waals surface area contributed by atoms with Gasteiger partial charge < -0.3 is 0 Å². The van der Waals surface area contributed by atoms with Crippen LogP contribution in [0.4, 0.5) is 5.69 Å². The van der Waals surface area contributed by atoms with Gasteiger partial charge in [0.05, 0.1) is 0 Å². The van der Waals surface area contributed by atoms with Crippen LogP contribution < -0.4 is 20.9 Å². The number of aromatic hydroxyl groups is 1. The van der Waals surface area contributed by atoms with Crippen molar-refractivity contribution >= 4 is 45.2 Å². The van der Waals surface area contributed by atoms with Crippen LogP contribution in [-0.4, -0.2) is 27.7 Å². The maximum atomic E-state index is 10.3. The summed E-state index contributed by atoms with van der Waals surface area (Å²) in [4.78, 5) is 7.31. The molecule has 1 aromatic heterocycles. The SMILES string of the molecule is C=c1ccc2c(c1-c1ccc[se]1)[Si](C(C)C)(C(C)C)c1cc(O)ccc1N=2. The first kappa shape index (κ1) is 18.5. The van der Waals surface area contributed by atoms with E-state index < -0.39 is 8.07 Å². The Morgan fingerprint density at radius 1 is 1.04 bits per heavy atom. The van der Waals surface area contributed by atoms with Gasteiger partial charge in [-0.25, -0.2) is 0 Å². The van der Waals surface area contributed by atoms with Crippen molar-refractivity contribution in [3.05, 3.63) is 58.0 Å². The number of rotatable bonds is 3. The van der Waals surface area contributed by atoms with Gasteiger partial charge in [0, 0.05) is 0 Å². The van der Waals surface area contributed by atoms with Crippen LogP contribution in [0.2, 0.25) is 11.1 Å². The molecule has 2 aromatic carbocycles. The summed E-state index contributed by atoms with van der Waals surface area (Å²) in [6.45, 7) is 13.8. The molecular weight excluding hydrogens is 413 g/mol. The summed E-state index contributed by atoms with van der Waals surface area (Å²) in [5, 5.41) is 15.2. The standard InChI is InChI=1S/C23H25NOSeSi/c1-14(2)27(15(3)4)21-13-17(25)9-11-18(21)24-19-10-8-16(5)22(23(19)27)20-7-6-12-26-20/h6-15,25H,5H2,1-4H3. The molecule has 0 saturated heterocycles. The maximum absolute atomic E-state index is 10.3. The number of phenols is 1. The van der Waals surface area contributed by atoms with Crippen molar-refractivity contribution in [3.63, 3.8) is 0 Å². The molecule has 0 radical (unpaired) electrons. The van der Waals surface area contributed by atoms with Gasteiger partial charge in [-0.05, 0) is 0 Å². The van der Waals surface area contributed by atoms with E-state index >= 15 is 0 Å². The van der Waals surface area contributed by atoms with Gasteiger partial charge in [0.25, 0.3) is 0 Å². The van der Waals surface area contributed by atoms with E-state index in [4.69, 9.17) is 4.99 Å². The molecular formula is C23H25NOSeSi. The first-order valence-electron chi connectivity index (χ1n) is 9.46. The molecule has 1 aliphatic rings. The Hall–Kier alpha value is -1.87. The van der Waals surface area contributed by atoms with E-state index in [9.17, 15) is 5.11 Å². The Morgan fingerprint density at radius 3 is 2.41 bits per heavy atom. The molecule has 3 aromatic rings. The fraction of sp³-hybridized carbons (Fsp3) is 0.261. The van der Waals surface area contributed by atoms with Crippen LogP contribution in [0, 0.1) is 0 Å². The van der Waals surface area contributed by atoms with Crippen LogP contribution in [0.1, 0.15) is 27.7 Å². The zero-order valence-electron chi connectivity index (χ0n) is 16.3. The molecule has 2 nitrogen and oxygen atoms in total. The van der Waals surface area contributed by atoms with Gasteiger partial charge in [-0.1, -0.05) is 0 Å². The average Bonchev–Trinajstić information content (AvgIpc) is 3.13. The van der Waals surface area contributed by atoms with Crippen LogP contribution in [-0.2, 0) is 0 Å². The molecule has 0 saturated carbocycles. The third-order valence-corrected chi connectivity index (χ3v) is 14.1. The average molecular weight is 439 g/mol. The number of fused-ring (bicyclic) bond motifs is 2. The van der Waals surface area contributed by atoms with Gasteiger partial charge in [-0.2, -0.15) is 0 Å². The van der Waals surface area contributed by atoms with Gasteiger partial charge in [-0.15, -0.1) is 0 Å². The van der Waals surface area contributed by atoms with E-state index in [0.29, 0.717) is 31.3 Å². The monoisotopic (exact) mass is 439 g/mol. The van der Waals surface area contributed by atoms with Crippen molar-refractivity contribution in [2.45, 2.75) is 38.8 Å². The summed E-state index contributed by atoms with van der Waals surface area (Å²) >= 11 is 0.342. The molecule has 0 fully saturated rings. The molecule has 0 atom stereocenters. The first-order chi connectivity index (χ1) is 12.9. The second kappa shape index (κ2) is 6.63. The number of hydrogen-bond donors (Lipinski definition) is 1. The molecule has 27 heavy (non-hydrogen) atoms. The topological polar surface area (TPSA) is 32.6 Å². The Kier molecular flexibility index (Phi) is 4.54. The quantitative estimate of drug-likeness (QED) is 0.626. The van der Waals surface area contributed by atoms with Crippen molar-refractivity contribution in [3.8, 4) is 15.8 Å². The second-order valence-electron chi connectivity index (χ2n) is 7.96.